The van der Waals surface area contributed by atoms with Crippen molar-refractivity contribution < 1.29 is 4.74 Å². The van der Waals surface area contributed by atoms with Gasteiger partial charge in [-0.05, 0) is 67.8 Å². The highest BCUT2D eigenvalue weighted by molar-refractivity contribution is 6.32. The molecule has 2 nitrogen and oxygen atoms in total. The number of halogens is 2. The molecule has 0 radical (unpaired) electrons. The predicted octanol–water partition coefficient (Wildman–Crippen LogP) is 4.90. The molecular weight excluding hydrogens is 293 g/mol. The highest BCUT2D eigenvalue weighted by atomic mass is 35.5. The first-order valence-corrected chi connectivity index (χ1v) is 7.20. The molecule has 0 aliphatic carbocycles. The van der Waals surface area contributed by atoms with E-state index in [4.69, 9.17) is 33.7 Å². The summed E-state index contributed by atoms with van der Waals surface area (Å²) in [6, 6.07) is 9.48. The van der Waals surface area contributed by atoms with E-state index in [0.29, 0.717) is 17.3 Å². The lowest BCUT2D eigenvalue weighted by atomic mass is 10.1. The average Bonchev–Trinajstić information content (AvgIpc) is 2.39. The monoisotopic (exact) mass is 309 g/mol. The molecule has 0 saturated carbocycles. The molecule has 0 unspecified atom stereocenters. The first-order chi connectivity index (χ1) is 9.51. The molecule has 2 N–H and O–H groups in total. The summed E-state index contributed by atoms with van der Waals surface area (Å²) in [6.07, 6.45) is 0.762. The molecule has 106 valence electrons. The zero-order valence-electron chi connectivity index (χ0n) is 11.5. The summed E-state index contributed by atoms with van der Waals surface area (Å²) in [6.45, 7) is 4.49. The quantitative estimate of drug-likeness (QED) is 0.871. The Bertz CT molecular complexity index is 603. The summed E-state index contributed by atoms with van der Waals surface area (Å²) < 4.78 is 5.83. The van der Waals surface area contributed by atoms with E-state index in [9.17, 15) is 0 Å². The molecule has 2 aromatic carbocycles. The number of hydrogen-bond donors (Lipinski definition) is 1. The summed E-state index contributed by atoms with van der Waals surface area (Å²) in [4.78, 5) is 0. The first kappa shape index (κ1) is 15.2. The van der Waals surface area contributed by atoms with Crippen LogP contribution in [-0.4, -0.2) is 6.54 Å². The molecule has 2 aromatic rings. The summed E-state index contributed by atoms with van der Waals surface area (Å²) in [5.41, 5.74) is 8.55. The molecule has 0 spiro atoms. The Morgan fingerprint density at radius 1 is 1.00 bits per heavy atom. The Labute approximate surface area is 129 Å². The van der Waals surface area contributed by atoms with Crippen LogP contribution in [-0.2, 0) is 6.42 Å². The largest absolute Gasteiger partial charge is 0.457 e. The molecule has 0 heterocycles. The maximum absolute atomic E-state index is 6.21. The number of rotatable bonds is 4. The Morgan fingerprint density at radius 2 is 1.65 bits per heavy atom. The molecule has 0 fully saturated rings. The van der Waals surface area contributed by atoms with Crippen LogP contribution in [0, 0.1) is 13.8 Å². The fourth-order valence-electron chi connectivity index (χ4n) is 2.05. The third-order valence-corrected chi connectivity index (χ3v) is 4.03. The van der Waals surface area contributed by atoms with Gasteiger partial charge in [-0.1, -0.05) is 29.3 Å². The second-order valence-corrected chi connectivity index (χ2v) is 5.55. The van der Waals surface area contributed by atoms with Gasteiger partial charge in [0.05, 0.1) is 0 Å². The zero-order chi connectivity index (χ0) is 14.7. The minimum absolute atomic E-state index is 0.579. The van der Waals surface area contributed by atoms with Crippen molar-refractivity contribution in [2.24, 2.45) is 5.73 Å². The molecule has 0 atom stereocenters. The van der Waals surface area contributed by atoms with Crippen LogP contribution < -0.4 is 10.5 Å². The number of hydrogen-bond acceptors (Lipinski definition) is 2. The van der Waals surface area contributed by atoms with Crippen LogP contribution >= 0.6 is 23.2 Å². The molecule has 0 aromatic heterocycles. The van der Waals surface area contributed by atoms with Crippen LogP contribution in [0.3, 0.4) is 0 Å². The molecule has 4 heteroatoms. The Kier molecular flexibility index (Phi) is 4.92. The van der Waals surface area contributed by atoms with Gasteiger partial charge in [0.2, 0.25) is 0 Å². The lowest BCUT2D eigenvalue weighted by molar-refractivity contribution is 0.481. The maximum Gasteiger partial charge on any atom is 0.128 e. The number of aryl methyl sites for hydroxylation is 2. The number of ether oxygens (including phenoxy) is 1. The standard InChI is InChI=1S/C16H17Cl2NO/c1-10-7-14(8-11(2)16(10)18)20-13-4-3-12(5-6-19)15(17)9-13/h3-4,7-9H,5-6,19H2,1-2H3. The third-order valence-electron chi connectivity index (χ3n) is 3.08. The van der Waals surface area contributed by atoms with Crippen molar-refractivity contribution in [2.45, 2.75) is 20.3 Å². The lowest BCUT2D eigenvalue weighted by Crippen LogP contribution is -2.03. The Hall–Kier alpha value is -1.22. The molecule has 0 aliphatic heterocycles. The minimum atomic E-state index is 0.579. The van der Waals surface area contributed by atoms with Gasteiger partial charge in [0.15, 0.2) is 0 Å². The van der Waals surface area contributed by atoms with E-state index in [1.54, 1.807) is 0 Å². The van der Waals surface area contributed by atoms with Gasteiger partial charge in [-0.25, -0.2) is 0 Å². The summed E-state index contributed by atoms with van der Waals surface area (Å²) in [5, 5.41) is 1.45. The van der Waals surface area contributed by atoms with Gasteiger partial charge in [-0.3, -0.25) is 0 Å². The van der Waals surface area contributed by atoms with Gasteiger partial charge in [0.25, 0.3) is 0 Å². The fraction of sp³-hybridized carbons (Fsp3) is 0.250. The molecule has 20 heavy (non-hydrogen) atoms. The lowest BCUT2D eigenvalue weighted by Gasteiger charge is -2.11. The summed E-state index contributed by atoms with van der Waals surface area (Å²) in [5.74, 6) is 1.46. The fourth-order valence-corrected chi connectivity index (χ4v) is 2.43. The number of benzene rings is 2. The molecule has 0 bridgehead atoms. The number of nitrogens with two attached hydrogens (primary N) is 1. The van der Waals surface area contributed by atoms with Gasteiger partial charge in [-0.2, -0.15) is 0 Å². The van der Waals surface area contributed by atoms with E-state index in [0.717, 1.165) is 33.9 Å². The molecular formula is C16H17Cl2NO. The van der Waals surface area contributed by atoms with Crippen molar-refractivity contribution in [3.63, 3.8) is 0 Å². The van der Waals surface area contributed by atoms with Gasteiger partial charge in [0, 0.05) is 10.0 Å². The van der Waals surface area contributed by atoms with Crippen molar-refractivity contribution in [3.05, 3.63) is 57.1 Å². The molecule has 2 rings (SSSR count). The first-order valence-electron chi connectivity index (χ1n) is 6.44. The Morgan fingerprint density at radius 3 is 2.20 bits per heavy atom. The van der Waals surface area contributed by atoms with E-state index in [1.165, 1.54) is 0 Å². The van der Waals surface area contributed by atoms with Crippen molar-refractivity contribution >= 4 is 23.2 Å². The smallest absolute Gasteiger partial charge is 0.128 e. The highest BCUT2D eigenvalue weighted by Crippen LogP contribution is 2.31. The topological polar surface area (TPSA) is 35.2 Å². The summed E-state index contributed by atoms with van der Waals surface area (Å²) >= 11 is 12.4. The normalized spacial score (nSPS) is 10.7. The van der Waals surface area contributed by atoms with Crippen molar-refractivity contribution in [1.29, 1.82) is 0 Å². The van der Waals surface area contributed by atoms with Crippen LogP contribution in [0.4, 0.5) is 0 Å². The van der Waals surface area contributed by atoms with E-state index in [1.807, 2.05) is 44.2 Å². The van der Waals surface area contributed by atoms with Gasteiger partial charge < -0.3 is 10.5 Å². The average molecular weight is 310 g/mol. The zero-order valence-corrected chi connectivity index (χ0v) is 13.1. The van der Waals surface area contributed by atoms with E-state index < -0.39 is 0 Å². The SMILES string of the molecule is Cc1cc(Oc2ccc(CCN)c(Cl)c2)cc(C)c1Cl. The van der Waals surface area contributed by atoms with E-state index in [2.05, 4.69) is 0 Å². The van der Waals surface area contributed by atoms with Crippen LogP contribution in [0.25, 0.3) is 0 Å². The van der Waals surface area contributed by atoms with E-state index >= 15 is 0 Å². The van der Waals surface area contributed by atoms with E-state index in [-0.39, 0.29) is 0 Å². The van der Waals surface area contributed by atoms with Crippen molar-refractivity contribution in [3.8, 4) is 11.5 Å². The Balaban J connectivity index is 2.24. The van der Waals surface area contributed by atoms with Gasteiger partial charge in [-0.15, -0.1) is 0 Å². The van der Waals surface area contributed by atoms with Crippen molar-refractivity contribution in [1.82, 2.24) is 0 Å². The second-order valence-electron chi connectivity index (χ2n) is 4.77. The predicted molar refractivity (Wildman–Crippen MR) is 85.2 cm³/mol. The van der Waals surface area contributed by atoms with Crippen molar-refractivity contribution in [2.75, 3.05) is 6.54 Å². The van der Waals surface area contributed by atoms with Gasteiger partial charge in [0.1, 0.15) is 11.5 Å². The maximum atomic E-state index is 6.21. The molecule has 0 aliphatic rings. The summed E-state index contributed by atoms with van der Waals surface area (Å²) in [7, 11) is 0. The highest BCUT2D eigenvalue weighted by Gasteiger charge is 2.06. The van der Waals surface area contributed by atoms with Gasteiger partial charge >= 0.3 is 0 Å². The molecule has 0 saturated heterocycles. The minimum Gasteiger partial charge on any atom is -0.457 e. The van der Waals surface area contributed by atoms with Crippen LogP contribution in [0.5, 0.6) is 11.5 Å². The van der Waals surface area contributed by atoms with Crippen LogP contribution in [0.15, 0.2) is 30.3 Å². The van der Waals surface area contributed by atoms with Crippen LogP contribution in [0.1, 0.15) is 16.7 Å². The molecule has 0 amide bonds. The second kappa shape index (κ2) is 6.49. The van der Waals surface area contributed by atoms with Crippen LogP contribution in [0.2, 0.25) is 10.0 Å². The third kappa shape index (κ3) is 3.45.